The molecule has 5 heteroatoms. The lowest BCUT2D eigenvalue weighted by Crippen LogP contribution is -2.23. The summed E-state index contributed by atoms with van der Waals surface area (Å²) < 4.78 is 1.07. The van der Waals surface area contributed by atoms with Gasteiger partial charge in [0.25, 0.3) is 11.8 Å². The molecular weight excluding hydrogens is 391 g/mol. The molecule has 0 radical (unpaired) electrons. The Bertz CT molecular complexity index is 696. The monoisotopic (exact) mass is 408 g/mol. The fraction of sp³-hybridized carbons (Fsp3) is 0.176. The van der Waals surface area contributed by atoms with Gasteiger partial charge in [-0.25, -0.2) is 0 Å². The Morgan fingerprint density at radius 1 is 1.00 bits per heavy atom. The van der Waals surface area contributed by atoms with Gasteiger partial charge in [-0.05, 0) is 78.4 Å². The second-order valence-corrected chi connectivity index (χ2v) is 6.10. The third kappa shape index (κ3) is 4.07. The topological polar surface area (TPSA) is 58.2 Å². The van der Waals surface area contributed by atoms with Gasteiger partial charge in [-0.1, -0.05) is 6.07 Å². The highest BCUT2D eigenvalue weighted by molar-refractivity contribution is 14.1. The van der Waals surface area contributed by atoms with Crippen molar-refractivity contribution in [2.24, 2.45) is 0 Å². The Morgan fingerprint density at radius 2 is 1.64 bits per heavy atom. The number of benzene rings is 2. The lowest BCUT2D eigenvalue weighted by molar-refractivity contribution is 0.0954. The number of hydrogen-bond donors (Lipinski definition) is 2. The summed E-state index contributed by atoms with van der Waals surface area (Å²) in [5.41, 5.74) is 2.67. The van der Waals surface area contributed by atoms with Crippen molar-refractivity contribution in [1.82, 2.24) is 5.32 Å². The molecule has 0 heterocycles. The molecule has 0 saturated heterocycles. The molecule has 0 bridgehead atoms. The molecule has 2 aromatic carbocycles. The summed E-state index contributed by atoms with van der Waals surface area (Å²) in [4.78, 5) is 24.1. The predicted molar refractivity (Wildman–Crippen MR) is 96.3 cm³/mol. The number of nitrogens with one attached hydrogen (secondary N) is 2. The van der Waals surface area contributed by atoms with Crippen molar-refractivity contribution in [3.63, 3.8) is 0 Å². The molecule has 0 unspecified atom stereocenters. The van der Waals surface area contributed by atoms with Gasteiger partial charge in [-0.15, -0.1) is 0 Å². The highest BCUT2D eigenvalue weighted by Crippen LogP contribution is 2.18. The van der Waals surface area contributed by atoms with Crippen molar-refractivity contribution in [3.05, 3.63) is 62.7 Å². The van der Waals surface area contributed by atoms with Crippen molar-refractivity contribution in [2.45, 2.75) is 13.8 Å². The average Bonchev–Trinajstić information content (AvgIpc) is 2.50. The first kappa shape index (κ1) is 16.5. The van der Waals surface area contributed by atoms with E-state index in [9.17, 15) is 9.59 Å². The van der Waals surface area contributed by atoms with Crippen LogP contribution in [0.2, 0.25) is 0 Å². The zero-order valence-corrected chi connectivity index (χ0v) is 14.6. The molecule has 0 fully saturated rings. The maximum Gasteiger partial charge on any atom is 0.255 e. The predicted octanol–water partition coefficient (Wildman–Crippen LogP) is 3.60. The zero-order valence-electron chi connectivity index (χ0n) is 12.4. The van der Waals surface area contributed by atoms with E-state index in [-0.39, 0.29) is 11.8 Å². The minimum absolute atomic E-state index is 0.146. The summed E-state index contributed by atoms with van der Waals surface area (Å²) in [5.74, 6) is -0.334. The molecular formula is C17H17IN2O2. The van der Waals surface area contributed by atoms with Gasteiger partial charge >= 0.3 is 0 Å². The van der Waals surface area contributed by atoms with E-state index >= 15 is 0 Å². The standard InChI is InChI=1S/C17H17IN2O2/c1-3-19-16(21)13-5-4-11(2)15(10-13)20-17(22)12-6-8-14(18)9-7-12/h4-10H,3H2,1-2H3,(H,19,21)(H,20,22). The lowest BCUT2D eigenvalue weighted by Gasteiger charge is -2.11. The van der Waals surface area contributed by atoms with Crippen LogP contribution < -0.4 is 10.6 Å². The van der Waals surface area contributed by atoms with Crippen LogP contribution >= 0.6 is 22.6 Å². The molecule has 2 N–H and O–H groups in total. The summed E-state index contributed by atoms with van der Waals surface area (Å²) in [6, 6.07) is 12.6. The van der Waals surface area contributed by atoms with Gasteiger partial charge in [-0.3, -0.25) is 9.59 Å². The van der Waals surface area contributed by atoms with E-state index in [1.807, 2.05) is 32.0 Å². The van der Waals surface area contributed by atoms with Gasteiger partial charge in [-0.2, -0.15) is 0 Å². The first-order valence-electron chi connectivity index (χ1n) is 6.97. The molecule has 0 aliphatic carbocycles. The van der Waals surface area contributed by atoms with Crippen molar-refractivity contribution < 1.29 is 9.59 Å². The molecule has 2 amide bonds. The van der Waals surface area contributed by atoms with Crippen LogP contribution in [-0.2, 0) is 0 Å². The molecule has 4 nitrogen and oxygen atoms in total. The van der Waals surface area contributed by atoms with Gasteiger partial charge in [0.15, 0.2) is 0 Å². The van der Waals surface area contributed by atoms with E-state index in [0.29, 0.717) is 23.4 Å². The number of rotatable bonds is 4. The van der Waals surface area contributed by atoms with Crippen molar-refractivity contribution in [2.75, 3.05) is 11.9 Å². The summed E-state index contributed by atoms with van der Waals surface area (Å²) in [6.45, 7) is 4.33. The Labute approximate surface area is 143 Å². The van der Waals surface area contributed by atoms with Crippen LogP contribution in [0.3, 0.4) is 0 Å². The number of carbonyl (C=O) groups excluding carboxylic acids is 2. The fourth-order valence-corrected chi connectivity index (χ4v) is 2.32. The summed E-state index contributed by atoms with van der Waals surface area (Å²) >= 11 is 2.19. The summed E-state index contributed by atoms with van der Waals surface area (Å²) in [6.07, 6.45) is 0. The molecule has 0 aliphatic rings. The molecule has 2 aromatic rings. The van der Waals surface area contributed by atoms with Gasteiger partial charge in [0, 0.05) is 26.9 Å². The molecule has 2 rings (SSSR count). The third-order valence-electron chi connectivity index (χ3n) is 3.19. The van der Waals surface area contributed by atoms with Gasteiger partial charge in [0.2, 0.25) is 0 Å². The van der Waals surface area contributed by atoms with Gasteiger partial charge in [0.05, 0.1) is 0 Å². The minimum Gasteiger partial charge on any atom is -0.352 e. The van der Waals surface area contributed by atoms with Crippen molar-refractivity contribution >= 4 is 40.1 Å². The highest BCUT2D eigenvalue weighted by atomic mass is 127. The lowest BCUT2D eigenvalue weighted by atomic mass is 10.1. The van der Waals surface area contributed by atoms with Crippen LogP contribution in [0.4, 0.5) is 5.69 Å². The Balaban J connectivity index is 2.21. The molecule has 0 saturated carbocycles. The molecule has 0 atom stereocenters. The Kier molecular flexibility index (Phi) is 5.54. The number of halogens is 1. The number of anilines is 1. The molecule has 0 aromatic heterocycles. The highest BCUT2D eigenvalue weighted by Gasteiger charge is 2.11. The van der Waals surface area contributed by atoms with Crippen LogP contribution in [0.1, 0.15) is 33.2 Å². The molecule has 0 aliphatic heterocycles. The van der Waals surface area contributed by atoms with E-state index in [0.717, 1.165) is 9.13 Å². The fourth-order valence-electron chi connectivity index (χ4n) is 1.96. The first-order valence-corrected chi connectivity index (χ1v) is 8.05. The Morgan fingerprint density at radius 3 is 2.27 bits per heavy atom. The molecule has 0 spiro atoms. The van der Waals surface area contributed by atoms with Crippen molar-refractivity contribution in [1.29, 1.82) is 0 Å². The van der Waals surface area contributed by atoms with Crippen LogP contribution in [0.15, 0.2) is 42.5 Å². The number of hydrogen-bond acceptors (Lipinski definition) is 2. The Hall–Kier alpha value is -1.89. The summed E-state index contributed by atoms with van der Waals surface area (Å²) in [7, 11) is 0. The zero-order chi connectivity index (χ0) is 16.1. The first-order chi connectivity index (χ1) is 10.5. The van der Waals surface area contributed by atoms with E-state index in [4.69, 9.17) is 0 Å². The SMILES string of the molecule is CCNC(=O)c1ccc(C)c(NC(=O)c2ccc(I)cc2)c1. The van der Waals surface area contributed by atoms with Crippen LogP contribution in [-0.4, -0.2) is 18.4 Å². The smallest absolute Gasteiger partial charge is 0.255 e. The number of aryl methyl sites for hydroxylation is 1. The number of amides is 2. The van der Waals surface area contributed by atoms with E-state index in [1.54, 1.807) is 24.3 Å². The quantitative estimate of drug-likeness (QED) is 0.760. The van der Waals surface area contributed by atoms with Gasteiger partial charge < -0.3 is 10.6 Å². The molecule has 22 heavy (non-hydrogen) atoms. The average molecular weight is 408 g/mol. The summed E-state index contributed by atoms with van der Waals surface area (Å²) in [5, 5.41) is 5.61. The van der Waals surface area contributed by atoms with Crippen LogP contribution in [0, 0.1) is 10.5 Å². The maximum absolute atomic E-state index is 12.3. The molecule has 114 valence electrons. The second-order valence-electron chi connectivity index (χ2n) is 4.85. The second kappa shape index (κ2) is 7.40. The van der Waals surface area contributed by atoms with Crippen LogP contribution in [0.5, 0.6) is 0 Å². The van der Waals surface area contributed by atoms with Crippen molar-refractivity contribution in [3.8, 4) is 0 Å². The van der Waals surface area contributed by atoms with E-state index in [1.165, 1.54) is 0 Å². The largest absolute Gasteiger partial charge is 0.352 e. The van der Waals surface area contributed by atoms with E-state index in [2.05, 4.69) is 33.2 Å². The normalized spacial score (nSPS) is 10.1. The van der Waals surface area contributed by atoms with Gasteiger partial charge in [0.1, 0.15) is 0 Å². The third-order valence-corrected chi connectivity index (χ3v) is 3.91. The van der Waals surface area contributed by atoms with Crippen LogP contribution in [0.25, 0.3) is 0 Å². The van der Waals surface area contributed by atoms with E-state index < -0.39 is 0 Å². The maximum atomic E-state index is 12.3. The minimum atomic E-state index is -0.187. The number of carbonyl (C=O) groups is 2.